The molecular weight excluding hydrogens is 328 g/mol. The number of likely N-dealkylation sites (tertiary alicyclic amines) is 1. The van der Waals surface area contributed by atoms with Crippen molar-refractivity contribution < 1.29 is 14.3 Å². The maximum Gasteiger partial charge on any atom is 0.232 e. The Bertz CT molecular complexity index is 806. The summed E-state index contributed by atoms with van der Waals surface area (Å²) in [6.07, 6.45) is 1.11. The third kappa shape index (κ3) is 3.29. The number of carbonyl (C=O) groups is 2. The van der Waals surface area contributed by atoms with Crippen molar-refractivity contribution in [3.05, 3.63) is 60.2 Å². The topological polar surface area (TPSA) is 49.9 Å². The second-order valence-electron chi connectivity index (χ2n) is 6.78. The van der Waals surface area contributed by atoms with Gasteiger partial charge >= 0.3 is 0 Å². The zero-order valence-corrected chi connectivity index (χ0v) is 14.6. The predicted octanol–water partition coefficient (Wildman–Crippen LogP) is 2.50. The van der Waals surface area contributed by atoms with Gasteiger partial charge in [0.2, 0.25) is 11.8 Å². The second kappa shape index (κ2) is 7.20. The molecule has 2 heterocycles. The Morgan fingerprint density at radius 1 is 1.08 bits per heavy atom. The molecule has 5 heteroatoms. The van der Waals surface area contributed by atoms with Crippen LogP contribution in [0.2, 0.25) is 0 Å². The summed E-state index contributed by atoms with van der Waals surface area (Å²) in [5, 5.41) is 0. The van der Waals surface area contributed by atoms with Crippen LogP contribution in [0.1, 0.15) is 12.0 Å². The van der Waals surface area contributed by atoms with E-state index in [0.29, 0.717) is 32.7 Å². The lowest BCUT2D eigenvalue weighted by Gasteiger charge is -2.31. The molecule has 1 atom stereocenters. The van der Waals surface area contributed by atoms with Crippen molar-refractivity contribution in [3.63, 3.8) is 0 Å². The molecule has 5 nitrogen and oxygen atoms in total. The van der Waals surface area contributed by atoms with Gasteiger partial charge in [-0.15, -0.1) is 0 Å². The van der Waals surface area contributed by atoms with Gasteiger partial charge in [0, 0.05) is 19.5 Å². The third-order valence-corrected chi connectivity index (χ3v) is 5.07. The van der Waals surface area contributed by atoms with Crippen molar-refractivity contribution in [1.29, 1.82) is 0 Å². The Kier molecular flexibility index (Phi) is 4.61. The van der Waals surface area contributed by atoms with Crippen LogP contribution in [0.25, 0.3) is 0 Å². The smallest absolute Gasteiger partial charge is 0.232 e. The van der Waals surface area contributed by atoms with E-state index in [4.69, 9.17) is 4.74 Å². The summed E-state index contributed by atoms with van der Waals surface area (Å²) in [5.74, 6) is 0.555. The quantitative estimate of drug-likeness (QED) is 0.851. The summed E-state index contributed by atoms with van der Waals surface area (Å²) >= 11 is 0. The molecule has 0 spiro atoms. The van der Waals surface area contributed by atoms with E-state index >= 15 is 0 Å². The molecule has 0 aromatic heterocycles. The summed E-state index contributed by atoms with van der Waals surface area (Å²) in [5.41, 5.74) is 2.01. The van der Waals surface area contributed by atoms with Crippen molar-refractivity contribution in [3.8, 4) is 5.75 Å². The minimum Gasteiger partial charge on any atom is -0.490 e. The molecule has 2 amide bonds. The van der Waals surface area contributed by atoms with Crippen LogP contribution in [-0.4, -0.2) is 43.0 Å². The average Bonchev–Trinajstić information content (AvgIpc) is 3.07. The Hall–Kier alpha value is -2.82. The molecule has 2 aromatic rings. The highest BCUT2D eigenvalue weighted by Gasteiger charge is 2.37. The van der Waals surface area contributed by atoms with Crippen molar-refractivity contribution in [1.82, 2.24) is 4.90 Å². The number of nitrogens with zero attached hydrogens (tertiary/aromatic N) is 2. The Morgan fingerprint density at radius 3 is 2.69 bits per heavy atom. The van der Waals surface area contributed by atoms with E-state index < -0.39 is 0 Å². The van der Waals surface area contributed by atoms with Gasteiger partial charge < -0.3 is 14.5 Å². The van der Waals surface area contributed by atoms with E-state index in [1.807, 2.05) is 47.4 Å². The highest BCUT2D eigenvalue weighted by atomic mass is 16.5. The highest BCUT2D eigenvalue weighted by molar-refractivity contribution is 6.00. The van der Waals surface area contributed by atoms with Crippen LogP contribution in [0.3, 0.4) is 0 Å². The Morgan fingerprint density at radius 2 is 1.85 bits per heavy atom. The molecule has 0 radical (unpaired) electrons. The number of para-hydroxylation sites is 2. The molecule has 0 bridgehead atoms. The van der Waals surface area contributed by atoms with Crippen LogP contribution in [0.5, 0.6) is 5.75 Å². The van der Waals surface area contributed by atoms with Gasteiger partial charge in [-0.1, -0.05) is 42.5 Å². The molecule has 0 unspecified atom stereocenters. The first-order chi connectivity index (χ1) is 12.7. The van der Waals surface area contributed by atoms with Crippen molar-refractivity contribution in [2.75, 3.05) is 31.1 Å². The second-order valence-corrected chi connectivity index (χ2v) is 6.78. The lowest BCUT2D eigenvalue weighted by atomic mass is 10.1. The lowest BCUT2D eigenvalue weighted by Crippen LogP contribution is -2.42. The van der Waals surface area contributed by atoms with Crippen LogP contribution < -0.4 is 9.64 Å². The number of rotatable bonds is 4. The molecule has 1 fully saturated rings. The maximum absolute atomic E-state index is 13.0. The summed E-state index contributed by atoms with van der Waals surface area (Å²) in [7, 11) is 0. The summed E-state index contributed by atoms with van der Waals surface area (Å²) in [6.45, 7) is 2.18. The molecule has 2 aliphatic heterocycles. The third-order valence-electron chi connectivity index (χ3n) is 5.07. The van der Waals surface area contributed by atoms with Gasteiger partial charge in [-0.05, 0) is 24.1 Å². The largest absolute Gasteiger partial charge is 0.490 e. The number of benzene rings is 2. The van der Waals surface area contributed by atoms with Crippen LogP contribution >= 0.6 is 0 Å². The number of fused-ring (bicyclic) bond motifs is 1. The van der Waals surface area contributed by atoms with Crippen LogP contribution in [0.4, 0.5) is 5.69 Å². The summed E-state index contributed by atoms with van der Waals surface area (Å²) in [6, 6.07) is 17.7. The molecule has 2 aromatic carbocycles. The number of anilines is 1. The van der Waals surface area contributed by atoms with E-state index in [2.05, 4.69) is 12.1 Å². The number of amides is 2. The zero-order chi connectivity index (χ0) is 17.9. The molecular formula is C21H22N2O3. The van der Waals surface area contributed by atoms with Gasteiger partial charge in [-0.3, -0.25) is 9.59 Å². The first-order valence-corrected chi connectivity index (χ1v) is 9.07. The van der Waals surface area contributed by atoms with Gasteiger partial charge in [0.15, 0.2) is 0 Å². The fourth-order valence-corrected chi connectivity index (χ4v) is 3.68. The van der Waals surface area contributed by atoms with Gasteiger partial charge in [0.25, 0.3) is 0 Å². The molecule has 0 saturated carbocycles. The number of carbonyl (C=O) groups excluding carboxylic acids is 2. The molecule has 26 heavy (non-hydrogen) atoms. The Labute approximate surface area is 153 Å². The van der Waals surface area contributed by atoms with Gasteiger partial charge in [0.05, 0.1) is 18.2 Å². The van der Waals surface area contributed by atoms with Crippen molar-refractivity contribution in [2.45, 2.75) is 12.8 Å². The predicted molar refractivity (Wildman–Crippen MR) is 99.1 cm³/mol. The minimum atomic E-state index is -0.274. The molecule has 1 saturated heterocycles. The first-order valence-electron chi connectivity index (χ1n) is 9.07. The molecule has 4 rings (SSSR count). The zero-order valence-electron chi connectivity index (χ0n) is 14.6. The molecule has 2 aliphatic rings. The summed E-state index contributed by atoms with van der Waals surface area (Å²) < 4.78 is 5.63. The van der Waals surface area contributed by atoms with Crippen LogP contribution in [0, 0.1) is 5.92 Å². The maximum atomic E-state index is 13.0. The number of hydrogen-bond donors (Lipinski definition) is 0. The van der Waals surface area contributed by atoms with E-state index in [-0.39, 0.29) is 17.7 Å². The number of ether oxygens (including phenoxy) is 1. The van der Waals surface area contributed by atoms with E-state index in [1.165, 1.54) is 5.56 Å². The first kappa shape index (κ1) is 16.6. The van der Waals surface area contributed by atoms with Gasteiger partial charge in [-0.25, -0.2) is 0 Å². The molecule has 0 aliphatic carbocycles. The van der Waals surface area contributed by atoms with Crippen molar-refractivity contribution >= 4 is 17.5 Å². The fraction of sp³-hybridized carbons (Fsp3) is 0.333. The standard InChI is InChI=1S/C21H22N2O3/c24-20-14-17(15-22(20)11-10-16-6-2-1-3-7-16)21(25)23-12-13-26-19-9-5-4-8-18(19)23/h1-9,17H,10-15H2/t17-/m0/s1. The molecule has 0 N–H and O–H groups in total. The van der Waals surface area contributed by atoms with Crippen molar-refractivity contribution in [2.24, 2.45) is 5.92 Å². The normalized spacial score (nSPS) is 19.2. The lowest BCUT2D eigenvalue weighted by molar-refractivity contribution is -0.128. The summed E-state index contributed by atoms with van der Waals surface area (Å²) in [4.78, 5) is 29.0. The average molecular weight is 350 g/mol. The SMILES string of the molecule is O=C1C[C@H](C(=O)N2CCOc3ccccc32)CN1CCc1ccccc1. The monoisotopic (exact) mass is 350 g/mol. The fourth-order valence-electron chi connectivity index (χ4n) is 3.68. The van der Waals surface area contributed by atoms with E-state index in [9.17, 15) is 9.59 Å². The van der Waals surface area contributed by atoms with Gasteiger partial charge in [0.1, 0.15) is 12.4 Å². The van der Waals surface area contributed by atoms with Crippen LogP contribution in [-0.2, 0) is 16.0 Å². The van der Waals surface area contributed by atoms with E-state index in [0.717, 1.165) is 17.9 Å². The van der Waals surface area contributed by atoms with Crippen LogP contribution in [0.15, 0.2) is 54.6 Å². The van der Waals surface area contributed by atoms with Gasteiger partial charge in [-0.2, -0.15) is 0 Å². The Balaban J connectivity index is 1.41. The van der Waals surface area contributed by atoms with E-state index in [1.54, 1.807) is 4.90 Å². The number of hydrogen-bond acceptors (Lipinski definition) is 3. The minimum absolute atomic E-state index is 0.0244. The molecule has 134 valence electrons. The highest BCUT2D eigenvalue weighted by Crippen LogP contribution is 2.33.